The van der Waals surface area contributed by atoms with Crippen LogP contribution < -0.4 is 10.1 Å². The van der Waals surface area contributed by atoms with Gasteiger partial charge in [0, 0.05) is 19.0 Å². The van der Waals surface area contributed by atoms with Gasteiger partial charge in [-0.2, -0.15) is 0 Å². The predicted molar refractivity (Wildman–Crippen MR) is 101 cm³/mol. The fourth-order valence-electron chi connectivity index (χ4n) is 3.00. The number of nitrogens with zero attached hydrogens (tertiary/aromatic N) is 4. The molecule has 0 bridgehead atoms. The van der Waals surface area contributed by atoms with Crippen LogP contribution in [0.2, 0.25) is 5.02 Å². The van der Waals surface area contributed by atoms with Crippen LogP contribution in [0, 0.1) is 11.6 Å². The van der Waals surface area contributed by atoms with E-state index in [-0.39, 0.29) is 40.0 Å². The number of nitrogens with one attached hydrogen (secondary N) is 1. The summed E-state index contributed by atoms with van der Waals surface area (Å²) in [7, 11) is 0. The highest BCUT2D eigenvalue weighted by atomic mass is 35.5. The van der Waals surface area contributed by atoms with Gasteiger partial charge >= 0.3 is 6.09 Å². The van der Waals surface area contributed by atoms with Crippen molar-refractivity contribution in [2.75, 3.05) is 18.4 Å². The van der Waals surface area contributed by atoms with Crippen LogP contribution in [0.15, 0.2) is 30.6 Å². The third-order valence-corrected chi connectivity index (χ3v) is 4.72. The van der Waals surface area contributed by atoms with Crippen molar-refractivity contribution in [2.24, 2.45) is 0 Å². The molecule has 3 aromatic rings. The van der Waals surface area contributed by atoms with Crippen LogP contribution >= 0.6 is 11.6 Å². The summed E-state index contributed by atoms with van der Waals surface area (Å²) in [5.41, 5.74) is 0.420. The quantitative estimate of drug-likeness (QED) is 0.660. The summed E-state index contributed by atoms with van der Waals surface area (Å²) in [4.78, 5) is 24.4. The molecule has 29 heavy (non-hydrogen) atoms. The fraction of sp³-hybridized carbons (Fsp3) is 0.222. The van der Waals surface area contributed by atoms with E-state index in [0.29, 0.717) is 13.0 Å². The average Bonchev–Trinajstić information content (AvgIpc) is 3.15. The van der Waals surface area contributed by atoms with Crippen molar-refractivity contribution in [2.45, 2.75) is 12.5 Å². The molecule has 0 unspecified atom stereocenters. The Morgan fingerprint density at radius 3 is 2.93 bits per heavy atom. The summed E-state index contributed by atoms with van der Waals surface area (Å²) in [6, 6.07) is 5.56. The lowest BCUT2D eigenvalue weighted by Crippen LogP contribution is -2.29. The van der Waals surface area contributed by atoms with Gasteiger partial charge in [-0.15, -0.1) is 0 Å². The molecule has 4 rings (SSSR count). The maximum Gasteiger partial charge on any atom is 0.407 e. The summed E-state index contributed by atoms with van der Waals surface area (Å²) in [6.45, 7) is 0.401. The number of hydrogen-bond acceptors (Lipinski definition) is 6. The zero-order chi connectivity index (χ0) is 20.5. The molecule has 11 heteroatoms. The van der Waals surface area contributed by atoms with Gasteiger partial charge in [0.25, 0.3) is 5.88 Å². The minimum Gasteiger partial charge on any atom is -0.470 e. The van der Waals surface area contributed by atoms with Crippen LogP contribution in [0.5, 0.6) is 5.88 Å². The molecule has 0 radical (unpaired) electrons. The maximum absolute atomic E-state index is 14.4. The van der Waals surface area contributed by atoms with E-state index in [0.717, 1.165) is 6.07 Å². The van der Waals surface area contributed by atoms with Crippen molar-refractivity contribution in [3.63, 3.8) is 0 Å². The lowest BCUT2D eigenvalue weighted by Gasteiger charge is -2.15. The Hall–Kier alpha value is -3.27. The first-order chi connectivity index (χ1) is 13.9. The van der Waals surface area contributed by atoms with Crippen LogP contribution in [0.3, 0.4) is 0 Å². The van der Waals surface area contributed by atoms with Crippen molar-refractivity contribution in [3.05, 3.63) is 47.2 Å². The SMILES string of the molecule is O=C(O)N1CC[C@H](Oc2nc3c(Nc4cccc(Cl)c4F)ncnc3cc2F)C1. The van der Waals surface area contributed by atoms with E-state index < -0.39 is 23.8 Å². The minimum absolute atomic E-state index is 0.0685. The smallest absolute Gasteiger partial charge is 0.407 e. The number of aromatic nitrogens is 3. The van der Waals surface area contributed by atoms with E-state index in [1.165, 1.54) is 23.4 Å². The first-order valence-electron chi connectivity index (χ1n) is 8.59. The highest BCUT2D eigenvalue weighted by Gasteiger charge is 2.28. The molecule has 1 fully saturated rings. The number of likely N-dealkylation sites (tertiary alicyclic amines) is 1. The number of halogens is 3. The zero-order valence-corrected chi connectivity index (χ0v) is 15.5. The summed E-state index contributed by atoms with van der Waals surface area (Å²) in [5, 5.41) is 11.7. The van der Waals surface area contributed by atoms with Crippen molar-refractivity contribution >= 4 is 40.2 Å². The molecular formula is C18H14ClF2N5O3. The summed E-state index contributed by atoms with van der Waals surface area (Å²) in [6.07, 6.45) is 0.00919. The number of ether oxygens (including phenoxy) is 1. The van der Waals surface area contributed by atoms with Crippen LogP contribution in [-0.4, -0.2) is 50.2 Å². The molecule has 1 saturated heterocycles. The summed E-state index contributed by atoms with van der Waals surface area (Å²) >= 11 is 5.79. The van der Waals surface area contributed by atoms with Crippen LogP contribution in [-0.2, 0) is 0 Å². The topological polar surface area (TPSA) is 100 Å². The number of rotatable bonds is 4. The number of carboxylic acid groups (broad SMARTS) is 1. The van der Waals surface area contributed by atoms with Crippen LogP contribution in [0.4, 0.5) is 25.1 Å². The van der Waals surface area contributed by atoms with Crippen LogP contribution in [0.25, 0.3) is 11.0 Å². The molecule has 1 aliphatic heterocycles. The number of hydrogen-bond donors (Lipinski definition) is 2. The van der Waals surface area contributed by atoms with Gasteiger partial charge in [0.15, 0.2) is 17.5 Å². The molecular weight excluding hydrogens is 408 g/mol. The number of benzene rings is 1. The molecule has 8 nitrogen and oxygen atoms in total. The van der Waals surface area contributed by atoms with Gasteiger partial charge < -0.3 is 20.1 Å². The average molecular weight is 422 g/mol. The monoisotopic (exact) mass is 421 g/mol. The lowest BCUT2D eigenvalue weighted by molar-refractivity contribution is 0.143. The molecule has 3 heterocycles. The van der Waals surface area contributed by atoms with Gasteiger partial charge in [0.05, 0.1) is 22.8 Å². The molecule has 0 aliphatic carbocycles. The maximum atomic E-state index is 14.4. The van der Waals surface area contributed by atoms with Gasteiger partial charge in [0.1, 0.15) is 17.9 Å². The molecule has 1 aliphatic rings. The van der Waals surface area contributed by atoms with Gasteiger partial charge in [-0.05, 0) is 12.1 Å². The number of fused-ring (bicyclic) bond motifs is 1. The molecule has 2 N–H and O–H groups in total. The number of pyridine rings is 1. The van der Waals surface area contributed by atoms with E-state index in [1.807, 2.05) is 0 Å². The zero-order valence-electron chi connectivity index (χ0n) is 14.8. The Kier molecular flexibility index (Phi) is 5.01. The highest BCUT2D eigenvalue weighted by Crippen LogP contribution is 2.29. The van der Waals surface area contributed by atoms with E-state index in [1.54, 1.807) is 6.07 Å². The highest BCUT2D eigenvalue weighted by molar-refractivity contribution is 6.31. The third-order valence-electron chi connectivity index (χ3n) is 4.43. The normalized spacial score (nSPS) is 16.2. The number of carbonyl (C=O) groups is 1. The van der Waals surface area contributed by atoms with E-state index >= 15 is 0 Å². The Morgan fingerprint density at radius 1 is 1.34 bits per heavy atom. The summed E-state index contributed by atoms with van der Waals surface area (Å²) < 4.78 is 34.2. The standard InChI is InChI=1S/C18H14ClF2N5O3/c19-10-2-1-3-12(14(10)21)24-16-15-13(22-8-23-16)6-11(20)17(25-15)29-9-4-5-26(7-9)18(27)28/h1-3,6,8-9H,4-5,7H2,(H,27,28)(H,22,23,24)/t9-/m0/s1. The second-order valence-corrected chi connectivity index (χ2v) is 6.76. The van der Waals surface area contributed by atoms with Crippen molar-refractivity contribution in [3.8, 4) is 5.88 Å². The van der Waals surface area contributed by atoms with Crippen molar-refractivity contribution in [1.29, 1.82) is 0 Å². The van der Waals surface area contributed by atoms with Gasteiger partial charge in [-0.25, -0.2) is 28.5 Å². The first kappa shape index (κ1) is 19.1. The molecule has 1 amide bonds. The molecule has 0 saturated carbocycles. The van der Waals surface area contributed by atoms with E-state index in [9.17, 15) is 13.6 Å². The minimum atomic E-state index is -1.06. The van der Waals surface area contributed by atoms with Crippen molar-refractivity contribution in [1.82, 2.24) is 19.9 Å². The summed E-state index contributed by atoms with van der Waals surface area (Å²) in [5.74, 6) is -1.58. The molecule has 1 atom stereocenters. The Balaban J connectivity index is 1.66. The Bertz CT molecular complexity index is 1100. The second-order valence-electron chi connectivity index (χ2n) is 6.35. The van der Waals surface area contributed by atoms with E-state index in [2.05, 4.69) is 20.3 Å². The largest absolute Gasteiger partial charge is 0.470 e. The lowest BCUT2D eigenvalue weighted by atomic mass is 10.3. The molecule has 0 spiro atoms. The Morgan fingerprint density at radius 2 is 2.17 bits per heavy atom. The Labute approximate surface area is 168 Å². The van der Waals surface area contributed by atoms with Gasteiger partial charge in [-0.3, -0.25) is 0 Å². The van der Waals surface area contributed by atoms with Crippen molar-refractivity contribution < 1.29 is 23.4 Å². The second kappa shape index (κ2) is 7.63. The van der Waals surface area contributed by atoms with Gasteiger partial charge in [-0.1, -0.05) is 17.7 Å². The fourth-order valence-corrected chi connectivity index (χ4v) is 3.18. The molecule has 2 aromatic heterocycles. The third kappa shape index (κ3) is 3.83. The van der Waals surface area contributed by atoms with Gasteiger partial charge in [0.2, 0.25) is 0 Å². The predicted octanol–water partition coefficient (Wildman–Crippen LogP) is 3.83. The number of amides is 1. The van der Waals surface area contributed by atoms with E-state index in [4.69, 9.17) is 21.4 Å². The van der Waals surface area contributed by atoms with Crippen LogP contribution in [0.1, 0.15) is 6.42 Å². The molecule has 150 valence electrons. The number of anilines is 2. The first-order valence-corrected chi connectivity index (χ1v) is 8.97. The molecule has 1 aromatic carbocycles.